The van der Waals surface area contributed by atoms with E-state index in [9.17, 15) is 4.79 Å². The van der Waals surface area contributed by atoms with Crippen LogP contribution < -0.4 is 10.1 Å². The zero-order valence-electron chi connectivity index (χ0n) is 16.4. The maximum Gasteiger partial charge on any atom is 0.250 e. The van der Waals surface area contributed by atoms with Crippen LogP contribution in [0.15, 0.2) is 53.9 Å². The Balaban J connectivity index is 1.37. The SMILES string of the molecule is Cc1ccc(-c2csc3nc(NC(=O)CCCOc4ccccc4)nn23)c(C)c1. The minimum absolute atomic E-state index is 0.118. The number of ether oxygens (including phenoxy) is 1. The van der Waals surface area contributed by atoms with Crippen molar-refractivity contribution in [2.24, 2.45) is 0 Å². The van der Waals surface area contributed by atoms with Gasteiger partial charge in [-0.3, -0.25) is 10.1 Å². The Labute approximate surface area is 173 Å². The van der Waals surface area contributed by atoms with Crippen LogP contribution in [0.25, 0.3) is 16.2 Å². The first kappa shape index (κ1) is 19.1. The van der Waals surface area contributed by atoms with Gasteiger partial charge >= 0.3 is 0 Å². The van der Waals surface area contributed by atoms with Gasteiger partial charge in [0.1, 0.15) is 5.75 Å². The summed E-state index contributed by atoms with van der Waals surface area (Å²) in [6.07, 6.45) is 0.973. The number of amides is 1. The summed E-state index contributed by atoms with van der Waals surface area (Å²) in [6.45, 7) is 4.65. The number of anilines is 1. The summed E-state index contributed by atoms with van der Waals surface area (Å²) >= 11 is 1.51. The van der Waals surface area contributed by atoms with Gasteiger partial charge in [-0.15, -0.1) is 16.4 Å². The Morgan fingerprint density at radius 2 is 2.00 bits per heavy atom. The summed E-state index contributed by atoms with van der Waals surface area (Å²) in [4.78, 5) is 17.4. The number of aromatic nitrogens is 3. The largest absolute Gasteiger partial charge is 0.494 e. The molecule has 0 atom stereocenters. The fourth-order valence-electron chi connectivity index (χ4n) is 3.15. The van der Waals surface area contributed by atoms with E-state index in [2.05, 4.69) is 47.4 Å². The highest BCUT2D eigenvalue weighted by atomic mass is 32.1. The monoisotopic (exact) mass is 406 g/mol. The van der Waals surface area contributed by atoms with Crippen molar-refractivity contribution in [2.45, 2.75) is 26.7 Å². The third kappa shape index (κ3) is 4.46. The first-order valence-electron chi connectivity index (χ1n) is 9.50. The molecule has 4 aromatic rings. The van der Waals surface area contributed by atoms with E-state index in [4.69, 9.17) is 4.74 Å². The number of nitrogens with one attached hydrogen (secondary N) is 1. The van der Waals surface area contributed by atoms with Gasteiger partial charge in [0.25, 0.3) is 0 Å². The van der Waals surface area contributed by atoms with Crippen LogP contribution in [-0.4, -0.2) is 27.1 Å². The van der Waals surface area contributed by atoms with Crippen molar-refractivity contribution >= 4 is 28.2 Å². The summed E-state index contributed by atoms with van der Waals surface area (Å²) in [5.41, 5.74) is 4.50. The summed E-state index contributed by atoms with van der Waals surface area (Å²) in [7, 11) is 0. The zero-order chi connectivity index (χ0) is 20.2. The molecule has 0 unspecified atom stereocenters. The summed E-state index contributed by atoms with van der Waals surface area (Å²) < 4.78 is 7.40. The number of para-hydroxylation sites is 1. The van der Waals surface area contributed by atoms with Crippen LogP contribution >= 0.6 is 11.3 Å². The number of thiazole rings is 1. The number of carbonyl (C=O) groups excluding carboxylic acids is 1. The maximum absolute atomic E-state index is 12.2. The number of benzene rings is 2. The molecule has 0 aliphatic carbocycles. The Kier molecular flexibility index (Phi) is 5.57. The van der Waals surface area contributed by atoms with Gasteiger partial charge in [0.2, 0.25) is 16.8 Å². The van der Waals surface area contributed by atoms with Crippen molar-refractivity contribution in [1.82, 2.24) is 14.6 Å². The molecule has 0 spiro atoms. The normalized spacial score (nSPS) is 11.0. The minimum Gasteiger partial charge on any atom is -0.494 e. The van der Waals surface area contributed by atoms with E-state index in [1.54, 1.807) is 4.52 Å². The molecule has 29 heavy (non-hydrogen) atoms. The van der Waals surface area contributed by atoms with Crippen LogP contribution in [0, 0.1) is 13.8 Å². The Morgan fingerprint density at radius 1 is 1.17 bits per heavy atom. The molecule has 1 amide bonds. The third-order valence-electron chi connectivity index (χ3n) is 4.55. The second kappa shape index (κ2) is 8.45. The van der Waals surface area contributed by atoms with E-state index in [-0.39, 0.29) is 5.91 Å². The third-order valence-corrected chi connectivity index (χ3v) is 5.37. The average Bonchev–Trinajstić information content (AvgIpc) is 3.27. The van der Waals surface area contributed by atoms with E-state index in [1.807, 2.05) is 35.7 Å². The summed E-state index contributed by atoms with van der Waals surface area (Å²) in [6, 6.07) is 15.9. The van der Waals surface area contributed by atoms with Crippen molar-refractivity contribution in [3.63, 3.8) is 0 Å². The lowest BCUT2D eigenvalue weighted by Gasteiger charge is -2.06. The molecule has 0 saturated carbocycles. The number of carbonyl (C=O) groups is 1. The van der Waals surface area contributed by atoms with Gasteiger partial charge < -0.3 is 4.74 Å². The zero-order valence-corrected chi connectivity index (χ0v) is 17.2. The van der Waals surface area contributed by atoms with Gasteiger partial charge in [-0.1, -0.05) is 42.0 Å². The Hall–Kier alpha value is -3.19. The number of hydrogen-bond donors (Lipinski definition) is 1. The number of hydrogen-bond acceptors (Lipinski definition) is 5. The lowest BCUT2D eigenvalue weighted by Crippen LogP contribution is -2.14. The first-order chi connectivity index (χ1) is 14.1. The number of fused-ring (bicyclic) bond motifs is 1. The number of rotatable bonds is 7. The Bertz CT molecular complexity index is 1130. The molecule has 4 rings (SSSR count). The van der Waals surface area contributed by atoms with Gasteiger partial charge in [0.05, 0.1) is 12.3 Å². The predicted octanol–water partition coefficient (Wildman–Crippen LogP) is 4.87. The van der Waals surface area contributed by atoms with E-state index in [1.165, 1.54) is 22.5 Å². The second-order valence-electron chi connectivity index (χ2n) is 6.88. The van der Waals surface area contributed by atoms with Gasteiger partial charge in [0.15, 0.2) is 0 Å². The van der Waals surface area contributed by atoms with Crippen LogP contribution in [0.3, 0.4) is 0 Å². The summed E-state index contributed by atoms with van der Waals surface area (Å²) in [5, 5.41) is 9.31. The topological polar surface area (TPSA) is 68.5 Å². The maximum atomic E-state index is 12.2. The van der Waals surface area contributed by atoms with Crippen molar-refractivity contribution in [2.75, 3.05) is 11.9 Å². The van der Waals surface area contributed by atoms with Crippen molar-refractivity contribution in [3.8, 4) is 17.0 Å². The molecule has 0 bridgehead atoms. The van der Waals surface area contributed by atoms with Gasteiger partial charge in [-0.05, 0) is 38.0 Å². The van der Waals surface area contributed by atoms with Crippen LogP contribution in [0.5, 0.6) is 5.75 Å². The van der Waals surface area contributed by atoms with E-state index in [0.29, 0.717) is 25.4 Å². The molecule has 1 N–H and O–H groups in total. The highest BCUT2D eigenvalue weighted by Gasteiger charge is 2.14. The van der Waals surface area contributed by atoms with Crippen molar-refractivity contribution in [1.29, 1.82) is 0 Å². The molecule has 0 aliphatic heterocycles. The average molecular weight is 407 g/mol. The molecular formula is C22H22N4O2S. The lowest BCUT2D eigenvalue weighted by molar-refractivity contribution is -0.116. The molecule has 6 nitrogen and oxygen atoms in total. The quantitative estimate of drug-likeness (QED) is 0.445. The molecule has 2 heterocycles. The molecule has 2 aromatic carbocycles. The van der Waals surface area contributed by atoms with Gasteiger partial charge in [0, 0.05) is 17.4 Å². The fourth-order valence-corrected chi connectivity index (χ4v) is 3.97. The highest BCUT2D eigenvalue weighted by Crippen LogP contribution is 2.28. The molecule has 0 fully saturated rings. The number of aryl methyl sites for hydroxylation is 2. The predicted molar refractivity (Wildman–Crippen MR) is 116 cm³/mol. The molecule has 0 radical (unpaired) electrons. The minimum atomic E-state index is -0.118. The summed E-state index contributed by atoms with van der Waals surface area (Å²) in [5.74, 6) is 1.02. The van der Waals surface area contributed by atoms with Crippen molar-refractivity contribution < 1.29 is 9.53 Å². The standard InChI is InChI=1S/C22H22N4O2S/c1-15-10-11-18(16(2)13-15)19-14-29-22-24-21(25-26(19)22)23-20(27)9-6-12-28-17-7-4-3-5-8-17/h3-5,7-8,10-11,13-14H,6,9,12H2,1-2H3,(H,23,25,27). The van der Waals surface area contributed by atoms with Crippen molar-refractivity contribution in [3.05, 3.63) is 65.0 Å². The first-order valence-corrected chi connectivity index (χ1v) is 10.4. The lowest BCUT2D eigenvalue weighted by atomic mass is 10.0. The van der Waals surface area contributed by atoms with Gasteiger partial charge in [-0.2, -0.15) is 4.98 Å². The molecule has 0 saturated heterocycles. The second-order valence-corrected chi connectivity index (χ2v) is 7.72. The molecule has 2 aromatic heterocycles. The van der Waals surface area contributed by atoms with E-state index in [0.717, 1.165) is 22.0 Å². The van der Waals surface area contributed by atoms with E-state index >= 15 is 0 Å². The van der Waals surface area contributed by atoms with E-state index < -0.39 is 0 Å². The van der Waals surface area contributed by atoms with Crippen LogP contribution in [0.4, 0.5) is 5.95 Å². The number of nitrogens with zero attached hydrogens (tertiary/aromatic N) is 3. The molecule has 0 aliphatic rings. The molecular weight excluding hydrogens is 384 g/mol. The highest BCUT2D eigenvalue weighted by molar-refractivity contribution is 7.15. The van der Waals surface area contributed by atoms with Crippen LogP contribution in [0.2, 0.25) is 0 Å². The smallest absolute Gasteiger partial charge is 0.250 e. The van der Waals surface area contributed by atoms with Gasteiger partial charge in [-0.25, -0.2) is 4.52 Å². The van der Waals surface area contributed by atoms with Crippen LogP contribution in [0.1, 0.15) is 24.0 Å². The molecule has 7 heteroatoms. The Morgan fingerprint density at radius 3 is 2.79 bits per heavy atom. The fraction of sp³-hybridized carbons (Fsp3) is 0.227. The van der Waals surface area contributed by atoms with Crippen LogP contribution in [-0.2, 0) is 4.79 Å². The molecule has 148 valence electrons.